The molecule has 36 heteroatoms. The number of piperidine rings is 4. The Hall–Kier alpha value is -11.4. The van der Waals surface area contributed by atoms with Crippen molar-refractivity contribution in [2.75, 3.05) is 105 Å². The second-order valence-electron chi connectivity index (χ2n) is 30.6. The van der Waals surface area contributed by atoms with Crippen molar-refractivity contribution in [1.29, 1.82) is 0 Å². The molecule has 5 N–H and O–H groups in total. The average molecular weight is 1680 g/mol. The van der Waals surface area contributed by atoms with Gasteiger partial charge in [-0.15, -0.1) is 32.8 Å². The van der Waals surface area contributed by atoms with Gasteiger partial charge < -0.3 is 49.8 Å². The highest BCUT2D eigenvalue weighted by atomic mass is 35.5. The van der Waals surface area contributed by atoms with Gasteiger partial charge in [-0.05, 0) is 169 Å². The van der Waals surface area contributed by atoms with Crippen LogP contribution in [-0.2, 0) is 24.0 Å². The van der Waals surface area contributed by atoms with Crippen LogP contribution in [-0.4, -0.2) is 222 Å². The van der Waals surface area contributed by atoms with Crippen molar-refractivity contribution in [2.45, 2.75) is 139 Å². The number of nitrogens with one attached hydrogen (secondary N) is 5. The highest BCUT2D eigenvalue weighted by molar-refractivity contribution is 6.34. The molecule has 16 rings (SSSR count). The summed E-state index contributed by atoms with van der Waals surface area (Å²) in [5.41, 5.74) is 1.95. The van der Waals surface area contributed by atoms with Gasteiger partial charge in [0, 0.05) is 116 Å². The number of fused-ring (bicyclic) bond motifs is 2. The molecule has 2 aliphatic carbocycles. The van der Waals surface area contributed by atoms with Gasteiger partial charge in [0.15, 0.2) is 23.0 Å². The second-order valence-corrected chi connectivity index (χ2v) is 31.5. The standard InChI is InChI=1S/C41H43ClFN9O6.C24H26ClN5O3.C17H17FN4O4.ClH/c1-44-32-7-6-27(20-30(32)42)58-26-4-2-25(3-5-26)45-38(54)33-8-10-36(48-47-33)51-14-12-24(13-15-51)23-49-16-18-50(19-17-49)35-22-29-28(21-31(35)43)40(56)52(41(29)57)34-9-11-37(53)46-39(34)55;1-26-21-7-6-19(14-20(21)25)33-18-4-2-17(3-5-18)27-24(32)22-8-9-23(29-28-22)30-12-10-16(15-31)11-13-30;18-11-7-9-10(8-13(11)21-5-3-19-4-6-21)17(26)22(16(9)25)12-1-2-14(23)20-15(12)24;/h6-8,10,20-22,24-26,34H,2-5,9,11-19,23H2,(H,45,54)(H,46,53,55);6-9,14-18H,2-5,10-13H2,(H,27,32);7-8,12,19H,1-6H2,(H,20,23,24);1H. The van der Waals surface area contributed by atoms with Crippen molar-refractivity contribution < 1.29 is 71.0 Å². The highest BCUT2D eigenvalue weighted by Crippen LogP contribution is 2.38. The van der Waals surface area contributed by atoms with Gasteiger partial charge in [0.1, 0.15) is 41.5 Å². The number of aldehydes is 1. The largest absolute Gasteiger partial charge is 0.490 e. The Balaban J connectivity index is 0.000000169. The van der Waals surface area contributed by atoms with Crippen molar-refractivity contribution >= 4 is 135 Å². The van der Waals surface area contributed by atoms with Crippen LogP contribution in [0.15, 0.2) is 84.9 Å². The third-order valence-corrected chi connectivity index (χ3v) is 23.8. The molecule has 6 aromatic rings. The van der Waals surface area contributed by atoms with E-state index in [1.165, 1.54) is 12.1 Å². The summed E-state index contributed by atoms with van der Waals surface area (Å²) in [6.07, 6.45) is 11.2. The van der Waals surface area contributed by atoms with Crippen LogP contribution in [0.25, 0.3) is 9.69 Å². The lowest BCUT2D eigenvalue weighted by atomic mass is 9.93. The molecule has 2 saturated carbocycles. The molecular weight excluding hydrogens is 1590 g/mol. The Morgan fingerprint density at radius 3 is 1.28 bits per heavy atom. The molecule has 31 nitrogen and oxygen atoms in total. The molecule has 0 radical (unpaired) electrons. The van der Waals surface area contributed by atoms with E-state index in [0.29, 0.717) is 96.9 Å². The fourth-order valence-corrected chi connectivity index (χ4v) is 17.0. The van der Waals surface area contributed by atoms with Gasteiger partial charge in [-0.2, -0.15) is 0 Å². The maximum absolute atomic E-state index is 15.4. The number of aromatic nitrogens is 4. The molecule has 0 spiro atoms. The zero-order valence-electron chi connectivity index (χ0n) is 64.3. The minimum atomic E-state index is -1.10. The maximum Gasteiger partial charge on any atom is 0.272 e. The van der Waals surface area contributed by atoms with Gasteiger partial charge in [-0.3, -0.25) is 73.3 Å². The van der Waals surface area contributed by atoms with Crippen molar-refractivity contribution in [3.63, 3.8) is 0 Å². The number of nitrogens with zero attached hydrogens (tertiary/aromatic N) is 13. The van der Waals surface area contributed by atoms with Crippen molar-refractivity contribution in [3.05, 3.63) is 163 Å². The number of ether oxygens (including phenoxy) is 2. The number of halogens is 5. The van der Waals surface area contributed by atoms with Crippen LogP contribution in [0.2, 0.25) is 10.0 Å². The molecule has 8 fully saturated rings. The minimum Gasteiger partial charge on any atom is -0.490 e. The molecule has 8 aliphatic heterocycles. The number of anilines is 4. The Morgan fingerprint density at radius 1 is 0.492 bits per heavy atom. The fourth-order valence-electron chi connectivity index (χ4n) is 16.6. The maximum atomic E-state index is 15.4. The molecule has 6 saturated heterocycles. The average Bonchev–Trinajstić information content (AvgIpc) is 1.60. The zero-order valence-corrected chi connectivity index (χ0v) is 66.7. The number of carbonyl (C=O) groups excluding carboxylic acids is 11. The predicted molar refractivity (Wildman–Crippen MR) is 431 cm³/mol. The van der Waals surface area contributed by atoms with Gasteiger partial charge >= 0.3 is 0 Å². The van der Waals surface area contributed by atoms with E-state index in [1.807, 2.05) is 21.9 Å². The number of rotatable bonds is 17. The van der Waals surface area contributed by atoms with Crippen LogP contribution in [0.1, 0.15) is 165 Å². The smallest absolute Gasteiger partial charge is 0.272 e. The van der Waals surface area contributed by atoms with E-state index in [9.17, 15) is 57.1 Å². The number of hydrogen-bond donors (Lipinski definition) is 5. The van der Waals surface area contributed by atoms with Gasteiger partial charge in [-0.25, -0.2) is 18.5 Å². The zero-order chi connectivity index (χ0) is 82.1. The first-order valence-electron chi connectivity index (χ1n) is 39.5. The Labute approximate surface area is 694 Å². The van der Waals surface area contributed by atoms with E-state index in [0.717, 1.165) is 150 Å². The lowest BCUT2D eigenvalue weighted by molar-refractivity contribution is -0.137. The summed E-state index contributed by atoms with van der Waals surface area (Å²) >= 11 is 12.2. The number of carbonyl (C=O) groups is 11. The molecule has 10 aliphatic rings. The van der Waals surface area contributed by atoms with Crippen molar-refractivity contribution in [1.82, 2.24) is 61.7 Å². The number of amides is 10. The monoisotopic (exact) mass is 1670 g/mol. The Bertz CT molecular complexity index is 4940. The summed E-state index contributed by atoms with van der Waals surface area (Å²) in [7, 11) is 0. The number of imide groups is 4. The van der Waals surface area contributed by atoms with E-state index >= 15 is 4.39 Å². The number of hydrogen-bond acceptors (Lipinski definition) is 23. The quantitative estimate of drug-likeness (QED) is 0.0324. The molecule has 2 aromatic heterocycles. The first kappa shape index (κ1) is 84.6. The molecule has 0 bridgehead atoms. The SMILES string of the molecule is Cl.O=C1CCC(N2C(=O)c3cc(F)c(N4CCNCC4)cc3C2=O)C(=O)N1.[C-]#[N+]c1ccc(OC2CCC(NC(=O)c3ccc(N4CCC(C=O)CC4)nn3)CC2)cc1Cl.[C-]#[N+]c1ccc(OC2CCC(NC(=O)c3ccc(N4CCC(CN5CCN(c6cc7c(cc6F)C(=O)N(C6CCC(=O)NC6=O)C7=O)CC5)CC4)nn3)CC2)cc1Cl. The predicted octanol–water partition coefficient (Wildman–Crippen LogP) is 8.65. The van der Waals surface area contributed by atoms with Crippen LogP contribution in [0.4, 0.5) is 43.2 Å². The van der Waals surface area contributed by atoms with E-state index in [4.69, 9.17) is 45.8 Å². The number of benzene rings is 4. The van der Waals surface area contributed by atoms with E-state index in [-0.39, 0.29) is 119 Å². The first-order chi connectivity index (χ1) is 56.6. The molecule has 2 atom stereocenters. The summed E-state index contributed by atoms with van der Waals surface area (Å²) in [5, 5.41) is 31.4. The van der Waals surface area contributed by atoms with Crippen LogP contribution in [0.3, 0.4) is 0 Å². The summed E-state index contributed by atoms with van der Waals surface area (Å²) < 4.78 is 42.1. The lowest BCUT2D eigenvalue weighted by Crippen LogP contribution is -2.54. The van der Waals surface area contributed by atoms with Gasteiger partial charge in [0.05, 0.1) is 69.0 Å². The van der Waals surface area contributed by atoms with E-state index < -0.39 is 71.0 Å². The molecule has 118 heavy (non-hydrogen) atoms. The third kappa shape index (κ3) is 19.4. The minimum absolute atomic E-state index is 0. The Kier molecular flexibility index (Phi) is 27.2. The van der Waals surface area contributed by atoms with Crippen LogP contribution >= 0.6 is 35.6 Å². The summed E-state index contributed by atoms with van der Waals surface area (Å²) in [5.74, 6) is -3.26. The molecule has 4 aromatic carbocycles. The molecule has 2 unspecified atom stereocenters. The summed E-state index contributed by atoms with van der Waals surface area (Å²) in [6, 6.07) is 20.2. The third-order valence-electron chi connectivity index (χ3n) is 23.2. The van der Waals surface area contributed by atoms with Crippen molar-refractivity contribution in [3.8, 4) is 11.5 Å². The first-order valence-corrected chi connectivity index (χ1v) is 40.3. The summed E-state index contributed by atoms with van der Waals surface area (Å²) in [6.45, 7) is 23.4. The van der Waals surface area contributed by atoms with Crippen molar-refractivity contribution in [2.24, 2.45) is 11.8 Å². The topological polar surface area (TPSA) is 349 Å². The van der Waals surface area contributed by atoms with Gasteiger partial charge in [0.2, 0.25) is 35.0 Å². The van der Waals surface area contributed by atoms with E-state index in [1.54, 1.807) is 48.5 Å². The molecule has 618 valence electrons. The summed E-state index contributed by atoms with van der Waals surface area (Å²) in [4.78, 5) is 154. The molecule has 10 amide bonds. The molecule has 10 heterocycles. The van der Waals surface area contributed by atoms with Crippen LogP contribution < -0.4 is 55.7 Å². The van der Waals surface area contributed by atoms with Crippen LogP contribution in [0, 0.1) is 36.6 Å². The second kappa shape index (κ2) is 37.9. The molecular formula is C82H87Cl3F2N18O13. The Morgan fingerprint density at radius 2 is 0.898 bits per heavy atom. The normalized spacial score (nSPS) is 22.4. The van der Waals surface area contributed by atoms with Crippen LogP contribution in [0.5, 0.6) is 11.5 Å². The number of piperazine rings is 2. The lowest BCUT2D eigenvalue weighted by Gasteiger charge is -2.39. The van der Waals surface area contributed by atoms with Gasteiger partial charge in [-0.1, -0.05) is 35.3 Å². The van der Waals surface area contributed by atoms with E-state index in [2.05, 4.69) is 71.4 Å². The fraction of sp³-hybridized carbons (Fsp3) is 0.451. The van der Waals surface area contributed by atoms with Gasteiger partial charge in [0.25, 0.3) is 35.4 Å². The highest BCUT2D eigenvalue weighted by Gasteiger charge is 2.48.